The maximum atomic E-state index is 5.34. The van der Waals surface area contributed by atoms with Gasteiger partial charge < -0.3 is 9.57 Å². The van der Waals surface area contributed by atoms with Crippen LogP contribution in [-0.2, 0) is 22.7 Å². The lowest BCUT2D eigenvalue weighted by Crippen LogP contribution is -2.18. The predicted octanol–water partition coefficient (Wildman–Crippen LogP) is 2.51. The van der Waals surface area contributed by atoms with Crippen molar-refractivity contribution < 1.29 is 9.57 Å². The normalized spacial score (nSPS) is 11.0. The third-order valence-electron chi connectivity index (χ3n) is 2.20. The van der Waals surface area contributed by atoms with Crippen LogP contribution in [0.1, 0.15) is 25.0 Å². The lowest BCUT2D eigenvalue weighted by atomic mass is 10.1. The highest BCUT2D eigenvalue weighted by Crippen LogP contribution is 2.09. The van der Waals surface area contributed by atoms with Gasteiger partial charge in [0.05, 0.1) is 13.2 Å². The van der Waals surface area contributed by atoms with Gasteiger partial charge in [0.1, 0.15) is 0 Å². The first-order chi connectivity index (χ1) is 7.74. The molecule has 3 nitrogen and oxygen atoms in total. The molecule has 0 atom stereocenters. The Hall–Kier alpha value is -0.900. The average Bonchev–Trinajstić information content (AvgIpc) is 2.26. The van der Waals surface area contributed by atoms with Gasteiger partial charge in [0, 0.05) is 13.7 Å². The minimum atomic E-state index is 0.543. The molecule has 0 fully saturated rings. The highest BCUT2D eigenvalue weighted by Gasteiger charge is 2.01. The highest BCUT2D eigenvalue weighted by atomic mass is 16.6. The number of hydroxylamine groups is 1. The average molecular weight is 223 g/mol. The molecule has 1 aromatic carbocycles. The van der Waals surface area contributed by atoms with Crippen molar-refractivity contribution in [1.82, 2.24) is 5.48 Å². The van der Waals surface area contributed by atoms with E-state index in [1.807, 2.05) is 12.1 Å². The molecule has 0 aliphatic heterocycles. The van der Waals surface area contributed by atoms with Crippen molar-refractivity contribution in [2.75, 3.05) is 13.7 Å². The standard InChI is InChI=1S/C13H21NO2/c1-11(2)9-16-14-8-12-6-4-5-7-13(12)10-15-3/h4-7,11,14H,8-10H2,1-3H3. The van der Waals surface area contributed by atoms with Crippen molar-refractivity contribution in [2.45, 2.75) is 27.0 Å². The van der Waals surface area contributed by atoms with E-state index in [9.17, 15) is 0 Å². The van der Waals surface area contributed by atoms with Gasteiger partial charge in [-0.3, -0.25) is 0 Å². The minimum absolute atomic E-state index is 0.543. The van der Waals surface area contributed by atoms with Gasteiger partial charge >= 0.3 is 0 Å². The van der Waals surface area contributed by atoms with Gasteiger partial charge in [-0.25, -0.2) is 0 Å². The Kier molecular flexibility index (Phi) is 6.08. The SMILES string of the molecule is COCc1ccccc1CNOCC(C)C. The summed E-state index contributed by atoms with van der Waals surface area (Å²) in [6.45, 7) is 6.34. The Morgan fingerprint density at radius 3 is 2.50 bits per heavy atom. The first-order valence-electron chi connectivity index (χ1n) is 5.64. The summed E-state index contributed by atoms with van der Waals surface area (Å²) in [5.74, 6) is 0.543. The molecule has 0 bridgehead atoms. The second-order valence-corrected chi connectivity index (χ2v) is 4.23. The Labute approximate surface area is 97.7 Å². The molecule has 0 amide bonds. The number of hydrogen-bond donors (Lipinski definition) is 1. The van der Waals surface area contributed by atoms with Gasteiger partial charge in [0.2, 0.25) is 0 Å². The number of ether oxygens (including phenoxy) is 1. The molecule has 0 aliphatic carbocycles. The highest BCUT2D eigenvalue weighted by molar-refractivity contribution is 5.26. The Balaban J connectivity index is 2.40. The number of rotatable bonds is 7. The molecule has 0 unspecified atom stereocenters. The van der Waals surface area contributed by atoms with Crippen LogP contribution in [0.2, 0.25) is 0 Å². The van der Waals surface area contributed by atoms with E-state index in [0.29, 0.717) is 19.1 Å². The Morgan fingerprint density at radius 2 is 1.88 bits per heavy atom. The molecule has 0 heterocycles. The van der Waals surface area contributed by atoms with Gasteiger partial charge in [-0.15, -0.1) is 0 Å². The minimum Gasteiger partial charge on any atom is -0.380 e. The first-order valence-corrected chi connectivity index (χ1v) is 5.64. The summed E-state index contributed by atoms with van der Waals surface area (Å²) < 4.78 is 5.14. The third kappa shape index (κ3) is 4.75. The van der Waals surface area contributed by atoms with Gasteiger partial charge in [-0.1, -0.05) is 38.1 Å². The molecule has 0 spiro atoms. The van der Waals surface area contributed by atoms with Gasteiger partial charge in [0.15, 0.2) is 0 Å². The van der Waals surface area contributed by atoms with Gasteiger partial charge in [-0.2, -0.15) is 5.48 Å². The number of benzene rings is 1. The first kappa shape index (κ1) is 13.2. The fourth-order valence-electron chi connectivity index (χ4n) is 1.38. The van der Waals surface area contributed by atoms with Crippen LogP contribution in [-0.4, -0.2) is 13.7 Å². The number of hydrogen-bond acceptors (Lipinski definition) is 3. The summed E-state index contributed by atoms with van der Waals surface area (Å²) in [7, 11) is 1.71. The van der Waals surface area contributed by atoms with Crippen molar-refractivity contribution in [3.63, 3.8) is 0 Å². The molecule has 1 aromatic rings. The zero-order valence-electron chi connectivity index (χ0n) is 10.3. The molecule has 0 aliphatic rings. The van der Waals surface area contributed by atoms with Crippen LogP contribution in [0, 0.1) is 5.92 Å². The lowest BCUT2D eigenvalue weighted by Gasteiger charge is -2.11. The van der Waals surface area contributed by atoms with Crippen molar-refractivity contribution in [2.24, 2.45) is 5.92 Å². The molecule has 0 saturated heterocycles. The van der Waals surface area contributed by atoms with E-state index in [0.717, 1.165) is 6.61 Å². The van der Waals surface area contributed by atoms with E-state index in [4.69, 9.17) is 9.57 Å². The molecule has 90 valence electrons. The molecule has 16 heavy (non-hydrogen) atoms. The fraction of sp³-hybridized carbons (Fsp3) is 0.538. The summed E-state index contributed by atoms with van der Waals surface area (Å²) in [6.07, 6.45) is 0. The van der Waals surface area contributed by atoms with Crippen molar-refractivity contribution in [1.29, 1.82) is 0 Å². The Bertz CT molecular complexity index is 300. The Morgan fingerprint density at radius 1 is 1.19 bits per heavy atom. The lowest BCUT2D eigenvalue weighted by molar-refractivity contribution is 0.0193. The number of methoxy groups -OCH3 is 1. The van der Waals surface area contributed by atoms with Crippen molar-refractivity contribution in [3.8, 4) is 0 Å². The topological polar surface area (TPSA) is 30.5 Å². The smallest absolute Gasteiger partial charge is 0.0716 e. The van der Waals surface area contributed by atoms with Gasteiger partial charge in [-0.05, 0) is 17.0 Å². The molecular formula is C13H21NO2. The second kappa shape index (κ2) is 7.39. The molecule has 0 saturated carbocycles. The summed E-state index contributed by atoms with van der Waals surface area (Å²) in [4.78, 5) is 5.34. The van der Waals surface area contributed by atoms with Crippen molar-refractivity contribution >= 4 is 0 Å². The predicted molar refractivity (Wildman–Crippen MR) is 64.8 cm³/mol. The summed E-state index contributed by atoms with van der Waals surface area (Å²) in [5, 5.41) is 0. The van der Waals surface area contributed by atoms with Gasteiger partial charge in [0.25, 0.3) is 0 Å². The molecule has 1 N–H and O–H groups in total. The summed E-state index contributed by atoms with van der Waals surface area (Å²) in [5.41, 5.74) is 5.39. The largest absolute Gasteiger partial charge is 0.380 e. The van der Waals surface area contributed by atoms with E-state index in [-0.39, 0.29) is 0 Å². The second-order valence-electron chi connectivity index (χ2n) is 4.23. The zero-order valence-corrected chi connectivity index (χ0v) is 10.3. The summed E-state index contributed by atoms with van der Waals surface area (Å²) in [6, 6.07) is 8.20. The fourth-order valence-corrected chi connectivity index (χ4v) is 1.38. The zero-order chi connectivity index (χ0) is 11.8. The molecular weight excluding hydrogens is 202 g/mol. The quantitative estimate of drug-likeness (QED) is 0.569. The summed E-state index contributed by atoms with van der Waals surface area (Å²) >= 11 is 0. The molecule has 1 rings (SSSR count). The van der Waals surface area contributed by atoms with Crippen LogP contribution in [0.3, 0.4) is 0 Å². The third-order valence-corrected chi connectivity index (χ3v) is 2.20. The monoisotopic (exact) mass is 223 g/mol. The molecule has 0 radical (unpaired) electrons. The van der Waals surface area contributed by atoms with E-state index in [1.165, 1.54) is 11.1 Å². The molecule has 3 heteroatoms. The van der Waals surface area contributed by atoms with Crippen LogP contribution < -0.4 is 5.48 Å². The van der Waals surface area contributed by atoms with Crippen LogP contribution >= 0.6 is 0 Å². The number of nitrogens with one attached hydrogen (secondary N) is 1. The maximum Gasteiger partial charge on any atom is 0.0716 e. The van der Waals surface area contributed by atoms with Crippen LogP contribution in [0.5, 0.6) is 0 Å². The van der Waals surface area contributed by atoms with Crippen molar-refractivity contribution in [3.05, 3.63) is 35.4 Å². The van der Waals surface area contributed by atoms with E-state index in [2.05, 4.69) is 31.5 Å². The van der Waals surface area contributed by atoms with Crippen LogP contribution in [0.4, 0.5) is 0 Å². The van der Waals surface area contributed by atoms with Crippen LogP contribution in [0.15, 0.2) is 24.3 Å². The van der Waals surface area contributed by atoms with E-state index >= 15 is 0 Å². The maximum absolute atomic E-state index is 5.34. The molecule has 0 aromatic heterocycles. The van der Waals surface area contributed by atoms with Crippen LogP contribution in [0.25, 0.3) is 0 Å². The van der Waals surface area contributed by atoms with E-state index in [1.54, 1.807) is 7.11 Å². The van der Waals surface area contributed by atoms with E-state index < -0.39 is 0 Å².